The second-order valence-electron chi connectivity index (χ2n) is 8.94. The second-order valence-corrected chi connectivity index (χ2v) is 11.0. The van der Waals surface area contributed by atoms with Crippen LogP contribution in [0, 0.1) is 5.92 Å². The molecule has 0 aliphatic carbocycles. The van der Waals surface area contributed by atoms with Gasteiger partial charge in [0.15, 0.2) is 5.03 Å². The summed E-state index contributed by atoms with van der Waals surface area (Å²) in [6, 6.07) is 13.0. The van der Waals surface area contributed by atoms with Gasteiger partial charge in [-0.25, -0.2) is 14.7 Å². The van der Waals surface area contributed by atoms with E-state index in [1.165, 1.54) is 18.2 Å². The number of carbonyl (C=O) groups is 1. The SMILES string of the molecule is CC1CCN(c2ncc(-c3cccc(Cl)c3)cc2C(=O)NS(=O)(=O)c2cccc(N)n2)C1(C)C. The van der Waals surface area contributed by atoms with E-state index in [1.54, 1.807) is 30.5 Å². The van der Waals surface area contributed by atoms with Crippen LogP contribution in [0.5, 0.6) is 0 Å². The molecular weight excluding hydrogens is 474 g/mol. The monoisotopic (exact) mass is 499 g/mol. The summed E-state index contributed by atoms with van der Waals surface area (Å²) in [6.07, 6.45) is 2.60. The van der Waals surface area contributed by atoms with Gasteiger partial charge < -0.3 is 10.6 Å². The van der Waals surface area contributed by atoms with Crippen molar-refractivity contribution in [3.05, 3.63) is 65.3 Å². The lowest BCUT2D eigenvalue weighted by Crippen LogP contribution is -2.43. The van der Waals surface area contributed by atoms with Crippen LogP contribution in [0.15, 0.2) is 59.8 Å². The molecule has 1 saturated heterocycles. The summed E-state index contributed by atoms with van der Waals surface area (Å²) < 4.78 is 27.9. The first-order valence-electron chi connectivity index (χ1n) is 10.8. The fourth-order valence-electron chi connectivity index (χ4n) is 4.08. The van der Waals surface area contributed by atoms with Crippen LogP contribution in [-0.4, -0.2) is 36.4 Å². The number of benzene rings is 1. The quantitative estimate of drug-likeness (QED) is 0.542. The Morgan fingerprint density at radius 1 is 1.18 bits per heavy atom. The van der Waals surface area contributed by atoms with Crippen LogP contribution >= 0.6 is 11.6 Å². The predicted molar refractivity (Wildman–Crippen MR) is 133 cm³/mol. The number of nitrogens with two attached hydrogens (primary N) is 1. The van der Waals surface area contributed by atoms with Gasteiger partial charge in [0.1, 0.15) is 11.6 Å². The van der Waals surface area contributed by atoms with Gasteiger partial charge in [0, 0.05) is 28.9 Å². The highest BCUT2D eigenvalue weighted by atomic mass is 35.5. The summed E-state index contributed by atoms with van der Waals surface area (Å²) in [5.74, 6) is 0.0193. The predicted octanol–water partition coefficient (Wildman–Crippen LogP) is 4.12. The van der Waals surface area contributed by atoms with Gasteiger partial charge in [0.2, 0.25) is 0 Å². The molecule has 1 unspecified atom stereocenters. The average molecular weight is 500 g/mol. The number of carbonyl (C=O) groups excluding carboxylic acids is 1. The molecule has 3 N–H and O–H groups in total. The van der Waals surface area contributed by atoms with Gasteiger partial charge in [0.05, 0.1) is 5.56 Å². The molecule has 1 atom stereocenters. The van der Waals surface area contributed by atoms with Gasteiger partial charge in [-0.15, -0.1) is 0 Å². The number of pyridine rings is 2. The van der Waals surface area contributed by atoms with Gasteiger partial charge >= 0.3 is 0 Å². The van der Waals surface area contributed by atoms with E-state index in [0.29, 0.717) is 28.9 Å². The molecule has 34 heavy (non-hydrogen) atoms. The molecule has 1 aliphatic heterocycles. The van der Waals surface area contributed by atoms with Crippen LogP contribution in [0.1, 0.15) is 37.6 Å². The normalized spacial score (nSPS) is 17.5. The van der Waals surface area contributed by atoms with Crippen molar-refractivity contribution in [3.63, 3.8) is 0 Å². The van der Waals surface area contributed by atoms with Crippen molar-refractivity contribution in [2.45, 2.75) is 37.8 Å². The highest BCUT2D eigenvalue weighted by Crippen LogP contribution is 2.39. The zero-order valence-corrected chi connectivity index (χ0v) is 20.7. The highest BCUT2D eigenvalue weighted by molar-refractivity contribution is 7.90. The molecule has 1 aliphatic rings. The highest BCUT2D eigenvalue weighted by Gasteiger charge is 2.41. The number of aromatic nitrogens is 2. The van der Waals surface area contributed by atoms with E-state index in [4.69, 9.17) is 17.3 Å². The number of nitrogens with zero attached hydrogens (tertiary/aromatic N) is 3. The van der Waals surface area contributed by atoms with E-state index in [0.717, 1.165) is 12.0 Å². The fourth-order valence-corrected chi connectivity index (χ4v) is 5.22. The lowest BCUT2D eigenvalue weighted by Gasteiger charge is -2.36. The standard InChI is InChI=1S/C24H26ClN5O3S/c1-15-10-11-30(24(15,2)3)22-19(13-17(14-27-22)16-6-4-7-18(25)12-16)23(31)29-34(32,33)21-9-5-8-20(26)28-21/h4-9,12-15H,10-11H2,1-3H3,(H2,26,28)(H,29,31). The topological polar surface area (TPSA) is 118 Å². The molecule has 0 saturated carbocycles. The fraction of sp³-hybridized carbons (Fsp3) is 0.292. The minimum Gasteiger partial charge on any atom is -0.384 e. The number of nitrogen functional groups attached to an aromatic ring is 1. The smallest absolute Gasteiger partial charge is 0.281 e. The Bertz CT molecular complexity index is 1360. The first-order chi connectivity index (χ1) is 16.0. The van der Waals surface area contributed by atoms with Crippen molar-refractivity contribution >= 4 is 39.2 Å². The number of amides is 1. The maximum Gasteiger partial charge on any atom is 0.281 e. The van der Waals surface area contributed by atoms with E-state index in [2.05, 4.69) is 40.4 Å². The third-order valence-electron chi connectivity index (χ3n) is 6.46. The summed E-state index contributed by atoms with van der Waals surface area (Å²) in [4.78, 5) is 23.9. The van der Waals surface area contributed by atoms with Crippen LogP contribution in [0.2, 0.25) is 5.02 Å². The molecule has 0 bridgehead atoms. The van der Waals surface area contributed by atoms with Crippen molar-refractivity contribution in [1.29, 1.82) is 0 Å². The Morgan fingerprint density at radius 3 is 2.56 bits per heavy atom. The van der Waals surface area contributed by atoms with E-state index in [9.17, 15) is 13.2 Å². The molecule has 8 nitrogen and oxygen atoms in total. The molecule has 10 heteroatoms. The zero-order chi connectivity index (χ0) is 24.7. The number of nitrogens with one attached hydrogen (secondary N) is 1. The van der Waals surface area contributed by atoms with E-state index in [-0.39, 0.29) is 21.9 Å². The number of sulfonamides is 1. The van der Waals surface area contributed by atoms with Crippen LogP contribution in [-0.2, 0) is 10.0 Å². The lowest BCUT2D eigenvalue weighted by molar-refractivity contribution is 0.0981. The van der Waals surface area contributed by atoms with E-state index in [1.807, 2.05) is 6.07 Å². The third-order valence-corrected chi connectivity index (χ3v) is 7.93. The number of hydrogen-bond donors (Lipinski definition) is 2. The van der Waals surface area contributed by atoms with Gasteiger partial charge in [-0.2, -0.15) is 8.42 Å². The van der Waals surface area contributed by atoms with Crippen LogP contribution < -0.4 is 15.4 Å². The van der Waals surface area contributed by atoms with Crippen molar-refractivity contribution in [2.24, 2.45) is 5.92 Å². The maximum absolute atomic E-state index is 13.4. The minimum atomic E-state index is -4.25. The zero-order valence-electron chi connectivity index (χ0n) is 19.1. The van der Waals surface area contributed by atoms with Gasteiger partial charge in [-0.3, -0.25) is 4.79 Å². The second kappa shape index (κ2) is 8.88. The molecule has 1 amide bonds. The Hall–Kier alpha value is -3.17. The Kier molecular flexibility index (Phi) is 6.26. The maximum atomic E-state index is 13.4. The molecule has 4 rings (SSSR count). The van der Waals surface area contributed by atoms with E-state index < -0.39 is 15.9 Å². The summed E-state index contributed by atoms with van der Waals surface area (Å²) in [5, 5.41) is 0.203. The molecule has 0 spiro atoms. The van der Waals surface area contributed by atoms with E-state index >= 15 is 0 Å². The Morgan fingerprint density at radius 2 is 1.91 bits per heavy atom. The molecule has 1 fully saturated rings. The van der Waals surface area contributed by atoms with Crippen molar-refractivity contribution < 1.29 is 13.2 Å². The first kappa shape index (κ1) is 24.0. The van der Waals surface area contributed by atoms with Crippen molar-refractivity contribution in [1.82, 2.24) is 14.7 Å². The molecular formula is C24H26ClN5O3S. The van der Waals surface area contributed by atoms with Crippen molar-refractivity contribution in [2.75, 3.05) is 17.2 Å². The molecule has 0 radical (unpaired) electrons. The van der Waals surface area contributed by atoms with Crippen LogP contribution in [0.25, 0.3) is 11.1 Å². The van der Waals surface area contributed by atoms with Crippen LogP contribution in [0.3, 0.4) is 0 Å². The van der Waals surface area contributed by atoms with Crippen molar-refractivity contribution in [3.8, 4) is 11.1 Å². The number of rotatable bonds is 5. The summed E-state index contributed by atoms with van der Waals surface area (Å²) >= 11 is 6.15. The number of halogens is 1. The van der Waals surface area contributed by atoms with Gasteiger partial charge in [-0.1, -0.05) is 36.7 Å². The third kappa shape index (κ3) is 4.58. The first-order valence-corrected chi connectivity index (χ1v) is 12.7. The number of anilines is 2. The number of hydrogen-bond acceptors (Lipinski definition) is 7. The Balaban J connectivity index is 1.79. The molecule has 178 valence electrons. The van der Waals surface area contributed by atoms with Gasteiger partial charge in [-0.05, 0) is 62.1 Å². The molecule has 3 heterocycles. The molecule has 2 aromatic heterocycles. The average Bonchev–Trinajstić information content (AvgIpc) is 3.05. The summed E-state index contributed by atoms with van der Waals surface area (Å²) in [6.45, 7) is 7.02. The van der Waals surface area contributed by atoms with Gasteiger partial charge in [0.25, 0.3) is 15.9 Å². The van der Waals surface area contributed by atoms with Crippen LogP contribution in [0.4, 0.5) is 11.6 Å². The minimum absolute atomic E-state index is 0.0356. The molecule has 1 aromatic carbocycles. The summed E-state index contributed by atoms with van der Waals surface area (Å²) in [5.41, 5.74) is 6.90. The molecule has 3 aromatic rings. The Labute approximate surface area is 204 Å². The largest absolute Gasteiger partial charge is 0.384 e. The lowest BCUT2D eigenvalue weighted by atomic mass is 9.90. The summed E-state index contributed by atoms with van der Waals surface area (Å²) in [7, 11) is -4.25.